The van der Waals surface area contributed by atoms with Crippen LogP contribution in [0.4, 0.5) is 4.79 Å². The summed E-state index contributed by atoms with van der Waals surface area (Å²) in [5, 5.41) is 10.5. The zero-order chi connectivity index (χ0) is 13.0. The number of ether oxygens (including phenoxy) is 1. The maximum Gasteiger partial charge on any atom is 0.317 e. The Bertz CT molecular complexity index is 396. The van der Waals surface area contributed by atoms with Gasteiger partial charge in [-0.3, -0.25) is 0 Å². The van der Waals surface area contributed by atoms with E-state index in [0.717, 1.165) is 6.42 Å². The van der Waals surface area contributed by atoms with Crippen LogP contribution in [-0.4, -0.2) is 46.4 Å². The number of aromatic nitrogens is 2. The van der Waals surface area contributed by atoms with Crippen molar-refractivity contribution in [2.24, 2.45) is 0 Å². The average Bonchev–Trinajstić information content (AvgIpc) is 2.78. The van der Waals surface area contributed by atoms with Gasteiger partial charge in [-0.05, 0) is 19.9 Å². The molecule has 6 nitrogen and oxygen atoms in total. The third-order valence-electron chi connectivity index (χ3n) is 2.68. The third-order valence-corrected chi connectivity index (χ3v) is 2.68. The number of hydrogen-bond acceptors (Lipinski definition) is 4. The van der Waals surface area contributed by atoms with E-state index in [9.17, 15) is 4.79 Å². The lowest BCUT2D eigenvalue weighted by Crippen LogP contribution is -2.42. The van der Waals surface area contributed by atoms with Gasteiger partial charge in [-0.25, -0.2) is 4.79 Å². The van der Waals surface area contributed by atoms with Gasteiger partial charge < -0.3 is 15.0 Å². The van der Waals surface area contributed by atoms with Crippen LogP contribution in [0.2, 0.25) is 0 Å². The first-order valence-corrected chi connectivity index (χ1v) is 6.15. The molecule has 1 N–H and O–H groups in total. The summed E-state index contributed by atoms with van der Waals surface area (Å²) in [5.74, 6) is 0.508. The zero-order valence-electron chi connectivity index (χ0n) is 10.7. The maximum atomic E-state index is 11.8. The highest BCUT2D eigenvalue weighted by Gasteiger charge is 2.28. The average molecular weight is 250 g/mol. The van der Waals surface area contributed by atoms with Gasteiger partial charge in [-0.2, -0.15) is 5.10 Å². The zero-order valence-corrected chi connectivity index (χ0v) is 10.7. The Balaban J connectivity index is 1.83. The van der Waals surface area contributed by atoms with Crippen molar-refractivity contribution in [2.75, 3.05) is 13.1 Å². The summed E-state index contributed by atoms with van der Waals surface area (Å²) >= 11 is 0. The molecule has 6 heteroatoms. The molecule has 0 radical (unpaired) electrons. The molecule has 1 fully saturated rings. The van der Waals surface area contributed by atoms with Crippen molar-refractivity contribution in [1.82, 2.24) is 20.4 Å². The normalized spacial score (nSPS) is 19.1. The van der Waals surface area contributed by atoms with Gasteiger partial charge in [-0.1, -0.05) is 0 Å². The summed E-state index contributed by atoms with van der Waals surface area (Å²) in [4.78, 5) is 13.5. The number of hydrogen-bond donors (Lipinski definition) is 1. The number of urea groups is 1. The van der Waals surface area contributed by atoms with Gasteiger partial charge in [0.2, 0.25) is 5.88 Å². The fraction of sp³-hybridized carbons (Fsp3) is 0.583. The summed E-state index contributed by atoms with van der Waals surface area (Å²) in [6.07, 6.45) is 2.42. The molecule has 0 spiro atoms. The SMILES string of the molecule is CC(C)NC(=O)N1CCC(Oc2cccnn2)C1. The van der Waals surface area contributed by atoms with E-state index in [1.54, 1.807) is 23.2 Å². The molecule has 1 aromatic heterocycles. The van der Waals surface area contributed by atoms with Gasteiger partial charge in [-0.15, -0.1) is 5.10 Å². The van der Waals surface area contributed by atoms with Crippen LogP contribution in [-0.2, 0) is 0 Å². The monoisotopic (exact) mass is 250 g/mol. The Kier molecular flexibility index (Phi) is 3.96. The van der Waals surface area contributed by atoms with E-state index in [1.807, 2.05) is 13.8 Å². The lowest BCUT2D eigenvalue weighted by atomic mass is 10.3. The first kappa shape index (κ1) is 12.6. The van der Waals surface area contributed by atoms with Crippen molar-refractivity contribution in [1.29, 1.82) is 0 Å². The first-order valence-electron chi connectivity index (χ1n) is 6.15. The van der Waals surface area contributed by atoms with Crippen molar-refractivity contribution in [3.8, 4) is 5.88 Å². The molecule has 98 valence electrons. The molecule has 1 aromatic rings. The Hall–Kier alpha value is -1.85. The van der Waals surface area contributed by atoms with Gasteiger partial charge in [0.25, 0.3) is 0 Å². The van der Waals surface area contributed by atoms with Crippen LogP contribution in [0.5, 0.6) is 5.88 Å². The summed E-state index contributed by atoms with van der Waals surface area (Å²) < 4.78 is 5.67. The fourth-order valence-electron chi connectivity index (χ4n) is 1.87. The largest absolute Gasteiger partial charge is 0.471 e. The molecule has 0 aliphatic carbocycles. The van der Waals surface area contributed by atoms with Crippen LogP contribution in [0.15, 0.2) is 18.3 Å². The molecule has 0 aromatic carbocycles. The number of nitrogens with zero attached hydrogens (tertiary/aromatic N) is 3. The number of carbonyl (C=O) groups is 1. The van der Waals surface area contributed by atoms with E-state index in [4.69, 9.17) is 4.74 Å². The minimum atomic E-state index is -0.0322. The van der Waals surface area contributed by atoms with Crippen molar-refractivity contribution in [2.45, 2.75) is 32.4 Å². The van der Waals surface area contributed by atoms with Gasteiger partial charge in [0.1, 0.15) is 6.10 Å². The second-order valence-electron chi connectivity index (χ2n) is 4.64. The topological polar surface area (TPSA) is 67.4 Å². The predicted molar refractivity (Wildman–Crippen MR) is 66.3 cm³/mol. The minimum absolute atomic E-state index is 0.000359. The van der Waals surface area contributed by atoms with E-state index in [-0.39, 0.29) is 18.2 Å². The van der Waals surface area contributed by atoms with E-state index >= 15 is 0 Å². The quantitative estimate of drug-likeness (QED) is 0.870. The fourth-order valence-corrected chi connectivity index (χ4v) is 1.87. The number of nitrogens with one attached hydrogen (secondary N) is 1. The summed E-state index contributed by atoms with van der Waals surface area (Å²) in [6.45, 7) is 5.20. The molecule has 1 atom stereocenters. The highest BCUT2D eigenvalue weighted by molar-refractivity contribution is 5.74. The van der Waals surface area contributed by atoms with Crippen molar-refractivity contribution in [3.63, 3.8) is 0 Å². The van der Waals surface area contributed by atoms with Gasteiger partial charge in [0, 0.05) is 31.3 Å². The second-order valence-corrected chi connectivity index (χ2v) is 4.64. The van der Waals surface area contributed by atoms with E-state index in [2.05, 4.69) is 15.5 Å². The van der Waals surface area contributed by atoms with Crippen LogP contribution in [0.3, 0.4) is 0 Å². The molecule has 0 saturated carbocycles. The molecule has 1 aliphatic rings. The van der Waals surface area contributed by atoms with E-state index < -0.39 is 0 Å². The van der Waals surface area contributed by atoms with Crippen molar-refractivity contribution >= 4 is 6.03 Å². The van der Waals surface area contributed by atoms with Crippen LogP contribution < -0.4 is 10.1 Å². The molecular formula is C12H18N4O2. The first-order chi connectivity index (χ1) is 8.65. The van der Waals surface area contributed by atoms with E-state index in [1.165, 1.54) is 0 Å². The Morgan fingerprint density at radius 3 is 3.11 bits per heavy atom. The Morgan fingerprint density at radius 2 is 2.44 bits per heavy atom. The van der Waals surface area contributed by atoms with Gasteiger partial charge >= 0.3 is 6.03 Å². The minimum Gasteiger partial charge on any atom is -0.471 e. The molecule has 1 saturated heterocycles. The lowest BCUT2D eigenvalue weighted by molar-refractivity contribution is 0.181. The van der Waals surface area contributed by atoms with Crippen LogP contribution in [0.25, 0.3) is 0 Å². The highest BCUT2D eigenvalue weighted by Crippen LogP contribution is 2.15. The van der Waals surface area contributed by atoms with Crippen LogP contribution in [0.1, 0.15) is 20.3 Å². The molecule has 18 heavy (non-hydrogen) atoms. The van der Waals surface area contributed by atoms with Crippen LogP contribution >= 0.6 is 0 Å². The Labute approximate surface area is 106 Å². The second kappa shape index (κ2) is 5.66. The Morgan fingerprint density at radius 1 is 1.61 bits per heavy atom. The summed E-state index contributed by atoms with van der Waals surface area (Å²) in [5.41, 5.74) is 0. The smallest absolute Gasteiger partial charge is 0.317 e. The number of amides is 2. The summed E-state index contributed by atoms with van der Waals surface area (Å²) in [6, 6.07) is 3.66. The van der Waals surface area contributed by atoms with E-state index in [0.29, 0.717) is 19.0 Å². The summed E-state index contributed by atoms with van der Waals surface area (Å²) in [7, 11) is 0. The lowest BCUT2D eigenvalue weighted by Gasteiger charge is -2.19. The van der Waals surface area contributed by atoms with Crippen LogP contribution in [0, 0.1) is 0 Å². The molecule has 1 aliphatic heterocycles. The molecule has 2 rings (SSSR count). The number of likely N-dealkylation sites (tertiary alicyclic amines) is 1. The number of carbonyl (C=O) groups excluding carboxylic acids is 1. The van der Waals surface area contributed by atoms with Gasteiger partial charge in [0.05, 0.1) is 6.54 Å². The van der Waals surface area contributed by atoms with Crippen molar-refractivity contribution < 1.29 is 9.53 Å². The molecule has 2 heterocycles. The third kappa shape index (κ3) is 3.32. The number of rotatable bonds is 3. The molecule has 1 unspecified atom stereocenters. The molecular weight excluding hydrogens is 232 g/mol. The molecule has 0 bridgehead atoms. The van der Waals surface area contributed by atoms with Crippen molar-refractivity contribution in [3.05, 3.63) is 18.3 Å². The highest BCUT2D eigenvalue weighted by atomic mass is 16.5. The standard InChI is InChI=1S/C12H18N4O2/c1-9(2)14-12(17)16-7-5-10(8-16)18-11-4-3-6-13-15-11/h3-4,6,9-10H,5,7-8H2,1-2H3,(H,14,17). The maximum absolute atomic E-state index is 11.8. The molecule has 2 amide bonds. The predicted octanol–water partition coefficient (Wildman–Crippen LogP) is 1.05. The van der Waals surface area contributed by atoms with Gasteiger partial charge in [0.15, 0.2) is 0 Å².